The molecule has 6 nitrogen and oxygen atoms in total. The SMILES string of the molecule is CN=C(NCCc1nc(C)c(C)s1)NCc1cc(Br)c2c(c1)OCO2. The fraction of sp³-hybridized carbons (Fsp3) is 0.412. The van der Waals surface area contributed by atoms with Crippen molar-refractivity contribution in [2.45, 2.75) is 26.8 Å². The van der Waals surface area contributed by atoms with Gasteiger partial charge in [-0.1, -0.05) is 0 Å². The molecule has 0 atom stereocenters. The predicted molar refractivity (Wildman–Crippen MR) is 104 cm³/mol. The first-order valence-electron chi connectivity index (χ1n) is 8.02. The van der Waals surface area contributed by atoms with Crippen LogP contribution < -0.4 is 20.1 Å². The first-order chi connectivity index (χ1) is 12.1. The number of halogens is 1. The fourth-order valence-corrected chi connectivity index (χ4v) is 4.00. The number of fused-ring (bicyclic) bond motifs is 1. The van der Waals surface area contributed by atoms with Crippen LogP contribution in [0, 0.1) is 13.8 Å². The van der Waals surface area contributed by atoms with Crippen molar-refractivity contribution in [1.29, 1.82) is 0 Å². The van der Waals surface area contributed by atoms with E-state index in [1.165, 1.54) is 4.88 Å². The smallest absolute Gasteiger partial charge is 0.231 e. The average Bonchev–Trinajstić information content (AvgIpc) is 3.18. The van der Waals surface area contributed by atoms with Gasteiger partial charge >= 0.3 is 0 Å². The van der Waals surface area contributed by atoms with Crippen LogP contribution in [0.5, 0.6) is 11.5 Å². The molecule has 1 aliphatic rings. The lowest BCUT2D eigenvalue weighted by Crippen LogP contribution is -2.37. The van der Waals surface area contributed by atoms with Gasteiger partial charge < -0.3 is 20.1 Å². The van der Waals surface area contributed by atoms with Crippen LogP contribution in [-0.2, 0) is 13.0 Å². The lowest BCUT2D eigenvalue weighted by molar-refractivity contribution is 0.173. The highest BCUT2D eigenvalue weighted by molar-refractivity contribution is 9.10. The van der Waals surface area contributed by atoms with E-state index in [9.17, 15) is 0 Å². The van der Waals surface area contributed by atoms with Crippen LogP contribution in [-0.4, -0.2) is 31.3 Å². The lowest BCUT2D eigenvalue weighted by atomic mass is 10.2. The molecule has 0 saturated heterocycles. The summed E-state index contributed by atoms with van der Waals surface area (Å²) in [6.07, 6.45) is 0.885. The van der Waals surface area contributed by atoms with Crippen LogP contribution >= 0.6 is 27.3 Å². The lowest BCUT2D eigenvalue weighted by Gasteiger charge is -2.12. The molecule has 0 unspecified atom stereocenters. The number of thiazole rings is 1. The minimum Gasteiger partial charge on any atom is -0.454 e. The zero-order valence-corrected chi connectivity index (χ0v) is 16.9. The van der Waals surface area contributed by atoms with Crippen LogP contribution in [0.4, 0.5) is 0 Å². The molecule has 2 aromatic rings. The molecule has 0 fully saturated rings. The fourth-order valence-electron chi connectivity index (χ4n) is 2.46. The van der Waals surface area contributed by atoms with Gasteiger partial charge in [-0.05, 0) is 47.5 Å². The molecular weight excluding hydrogens is 404 g/mol. The van der Waals surface area contributed by atoms with E-state index in [0.717, 1.165) is 51.2 Å². The Balaban J connectivity index is 1.50. The van der Waals surface area contributed by atoms with Gasteiger partial charge in [0.1, 0.15) is 0 Å². The number of hydrogen-bond donors (Lipinski definition) is 2. The van der Waals surface area contributed by atoms with Crippen LogP contribution in [0.15, 0.2) is 21.6 Å². The highest BCUT2D eigenvalue weighted by Gasteiger charge is 2.17. The van der Waals surface area contributed by atoms with Crippen molar-refractivity contribution in [3.05, 3.63) is 37.7 Å². The highest BCUT2D eigenvalue weighted by atomic mass is 79.9. The topological polar surface area (TPSA) is 67.8 Å². The Morgan fingerprint density at radius 3 is 2.88 bits per heavy atom. The monoisotopic (exact) mass is 424 g/mol. The van der Waals surface area contributed by atoms with Crippen molar-refractivity contribution in [1.82, 2.24) is 15.6 Å². The molecule has 0 saturated carbocycles. The second kappa shape index (κ2) is 8.05. The zero-order valence-electron chi connectivity index (χ0n) is 14.5. The summed E-state index contributed by atoms with van der Waals surface area (Å²) in [5.74, 6) is 2.29. The Labute approximate surface area is 159 Å². The maximum Gasteiger partial charge on any atom is 0.231 e. The van der Waals surface area contributed by atoms with Gasteiger partial charge in [-0.2, -0.15) is 0 Å². The largest absolute Gasteiger partial charge is 0.454 e. The van der Waals surface area contributed by atoms with Gasteiger partial charge in [0.25, 0.3) is 0 Å². The van der Waals surface area contributed by atoms with Gasteiger partial charge in [0.05, 0.1) is 15.2 Å². The molecule has 134 valence electrons. The summed E-state index contributed by atoms with van der Waals surface area (Å²) in [7, 11) is 1.77. The molecule has 25 heavy (non-hydrogen) atoms. The third-order valence-corrected chi connectivity index (χ3v) is 5.60. The van der Waals surface area contributed by atoms with E-state index in [0.29, 0.717) is 6.54 Å². The molecule has 2 heterocycles. The molecule has 1 aliphatic heterocycles. The summed E-state index contributed by atoms with van der Waals surface area (Å²) >= 11 is 5.27. The van der Waals surface area contributed by atoms with Crippen molar-refractivity contribution in [2.24, 2.45) is 4.99 Å². The molecule has 1 aromatic heterocycles. The summed E-state index contributed by atoms with van der Waals surface area (Å²) in [5.41, 5.74) is 2.21. The summed E-state index contributed by atoms with van der Waals surface area (Å²) in [6, 6.07) is 4.00. The van der Waals surface area contributed by atoms with Crippen LogP contribution in [0.2, 0.25) is 0 Å². The molecule has 1 aromatic carbocycles. The van der Waals surface area contributed by atoms with Crippen LogP contribution in [0.3, 0.4) is 0 Å². The Hall–Kier alpha value is -1.80. The number of benzene rings is 1. The Morgan fingerprint density at radius 1 is 1.32 bits per heavy atom. The summed E-state index contributed by atoms with van der Waals surface area (Å²) < 4.78 is 11.8. The number of nitrogens with one attached hydrogen (secondary N) is 2. The molecule has 0 spiro atoms. The van der Waals surface area contributed by atoms with Gasteiger partial charge in [-0.25, -0.2) is 4.98 Å². The molecule has 3 rings (SSSR count). The summed E-state index contributed by atoms with van der Waals surface area (Å²) in [5, 5.41) is 7.78. The number of hydrogen-bond acceptors (Lipinski definition) is 5. The van der Waals surface area contributed by atoms with E-state index in [1.54, 1.807) is 18.4 Å². The molecule has 0 amide bonds. The third-order valence-electron chi connectivity index (χ3n) is 3.87. The number of guanidine groups is 1. The normalized spacial score (nSPS) is 13.2. The van der Waals surface area contributed by atoms with Crippen molar-refractivity contribution < 1.29 is 9.47 Å². The third kappa shape index (κ3) is 4.43. The van der Waals surface area contributed by atoms with E-state index in [4.69, 9.17) is 9.47 Å². The highest BCUT2D eigenvalue weighted by Crippen LogP contribution is 2.39. The predicted octanol–water partition coefficient (Wildman–Crippen LogP) is 3.16. The van der Waals surface area contributed by atoms with Gasteiger partial charge in [0, 0.05) is 31.4 Å². The second-order valence-corrected chi connectivity index (χ2v) is 7.81. The maximum atomic E-state index is 5.45. The van der Waals surface area contributed by atoms with Crippen molar-refractivity contribution in [2.75, 3.05) is 20.4 Å². The van der Waals surface area contributed by atoms with Gasteiger partial charge in [-0.3, -0.25) is 4.99 Å². The Bertz CT molecular complexity index is 772. The molecule has 2 N–H and O–H groups in total. The zero-order chi connectivity index (χ0) is 17.8. The number of rotatable bonds is 5. The second-order valence-electron chi connectivity index (χ2n) is 5.66. The molecular formula is C17H21BrN4O2S. The quantitative estimate of drug-likeness (QED) is 0.569. The van der Waals surface area contributed by atoms with E-state index < -0.39 is 0 Å². The Kier molecular flexibility index (Phi) is 5.80. The summed E-state index contributed by atoms with van der Waals surface area (Å²) in [4.78, 5) is 10.1. The van der Waals surface area contributed by atoms with Crippen LogP contribution in [0.25, 0.3) is 0 Å². The van der Waals surface area contributed by atoms with Gasteiger partial charge in [-0.15, -0.1) is 11.3 Å². The van der Waals surface area contributed by atoms with Crippen molar-refractivity contribution in [3.8, 4) is 11.5 Å². The first-order valence-corrected chi connectivity index (χ1v) is 9.63. The number of ether oxygens (including phenoxy) is 2. The first kappa shape index (κ1) is 18.0. The van der Waals surface area contributed by atoms with Crippen LogP contribution in [0.1, 0.15) is 21.1 Å². The summed E-state index contributed by atoms with van der Waals surface area (Å²) in [6.45, 7) is 5.85. The van der Waals surface area contributed by atoms with E-state index in [2.05, 4.69) is 43.5 Å². The molecule has 0 bridgehead atoms. The number of aromatic nitrogens is 1. The minimum atomic E-state index is 0.268. The maximum absolute atomic E-state index is 5.45. The molecule has 0 aliphatic carbocycles. The number of aryl methyl sites for hydroxylation is 2. The minimum absolute atomic E-state index is 0.268. The Morgan fingerprint density at radius 2 is 2.16 bits per heavy atom. The van der Waals surface area contributed by atoms with E-state index in [-0.39, 0.29) is 6.79 Å². The van der Waals surface area contributed by atoms with Gasteiger partial charge in [0.15, 0.2) is 17.5 Å². The standard InChI is InChI=1S/C17H21BrN4O2S/c1-10-11(2)25-15(22-10)4-5-20-17(19-3)21-8-12-6-13(18)16-14(7-12)23-9-24-16/h6-7H,4-5,8-9H2,1-3H3,(H2,19,20,21). The number of nitrogens with zero attached hydrogens (tertiary/aromatic N) is 2. The van der Waals surface area contributed by atoms with Crippen molar-refractivity contribution >= 4 is 33.2 Å². The van der Waals surface area contributed by atoms with E-state index in [1.807, 2.05) is 19.1 Å². The molecule has 0 radical (unpaired) electrons. The van der Waals surface area contributed by atoms with Gasteiger partial charge in [0.2, 0.25) is 6.79 Å². The number of aliphatic imine (C=N–C) groups is 1. The molecule has 8 heteroatoms. The average molecular weight is 425 g/mol. The van der Waals surface area contributed by atoms with E-state index >= 15 is 0 Å². The van der Waals surface area contributed by atoms with Crippen molar-refractivity contribution in [3.63, 3.8) is 0 Å².